The number of nitrogens with zero attached hydrogens (tertiary/aromatic N) is 5. The zero-order chi connectivity index (χ0) is 16.2. The maximum absolute atomic E-state index is 12.5. The number of nitrogens with one attached hydrogen (secondary N) is 1. The fraction of sp³-hybridized carbons (Fsp3) is 0.333. The van der Waals surface area contributed by atoms with Crippen molar-refractivity contribution in [2.24, 2.45) is 19.8 Å². The van der Waals surface area contributed by atoms with E-state index in [1.807, 2.05) is 0 Å². The van der Waals surface area contributed by atoms with Crippen molar-refractivity contribution in [3.63, 3.8) is 0 Å². The van der Waals surface area contributed by atoms with Gasteiger partial charge in [-0.25, -0.2) is 4.79 Å². The second kappa shape index (κ2) is 4.75. The quantitative estimate of drug-likeness (QED) is 0.705. The third-order valence-corrected chi connectivity index (χ3v) is 4.39. The summed E-state index contributed by atoms with van der Waals surface area (Å²) in [4.78, 5) is 28.8. The molecule has 0 saturated carbocycles. The van der Waals surface area contributed by atoms with E-state index >= 15 is 0 Å². The Kier molecular flexibility index (Phi) is 3.12. The van der Waals surface area contributed by atoms with Crippen LogP contribution in [0.1, 0.15) is 0 Å². The average Bonchev–Trinajstić information content (AvgIpc) is 2.88. The molecule has 3 rings (SSSR count). The predicted molar refractivity (Wildman–Crippen MR) is 84.2 cm³/mol. The van der Waals surface area contributed by atoms with Crippen molar-refractivity contribution >= 4 is 33.9 Å². The van der Waals surface area contributed by atoms with E-state index in [9.17, 15) is 14.9 Å². The number of aromatic nitrogens is 4. The van der Waals surface area contributed by atoms with Gasteiger partial charge in [0.25, 0.3) is 5.56 Å². The highest BCUT2D eigenvalue weighted by molar-refractivity contribution is 8.07. The van der Waals surface area contributed by atoms with Crippen molar-refractivity contribution < 1.29 is 0 Å². The molecular formula is C12H13N7O2S. The van der Waals surface area contributed by atoms with Crippen LogP contribution in [0.4, 0.5) is 5.95 Å². The Hall–Kier alpha value is -2.51. The van der Waals surface area contributed by atoms with Crippen LogP contribution in [0.2, 0.25) is 0 Å². The number of nitrogens with two attached hydrogens (primary N) is 1. The lowest BCUT2D eigenvalue weighted by atomic mass is 10.2. The lowest BCUT2D eigenvalue weighted by Crippen LogP contribution is -2.38. The Morgan fingerprint density at radius 1 is 1.36 bits per heavy atom. The van der Waals surface area contributed by atoms with Crippen LogP contribution in [0.15, 0.2) is 15.2 Å². The first-order valence-corrected chi connectivity index (χ1v) is 7.54. The van der Waals surface area contributed by atoms with Crippen LogP contribution in [0, 0.1) is 11.3 Å². The summed E-state index contributed by atoms with van der Waals surface area (Å²) in [6.45, 7) is 0. The molecule has 114 valence electrons. The number of nitriles is 1. The van der Waals surface area contributed by atoms with E-state index in [4.69, 9.17) is 5.73 Å². The molecule has 2 aromatic rings. The zero-order valence-electron chi connectivity index (χ0n) is 12.1. The lowest BCUT2D eigenvalue weighted by molar-refractivity contribution is 0.708. The molecule has 3 N–H and O–H groups in total. The molecule has 2 aromatic heterocycles. The minimum atomic E-state index is -0.711. The van der Waals surface area contributed by atoms with Gasteiger partial charge in [0.2, 0.25) is 5.95 Å². The summed E-state index contributed by atoms with van der Waals surface area (Å²) >= 11 is 1.29. The van der Waals surface area contributed by atoms with Gasteiger partial charge in [-0.15, -0.1) is 11.8 Å². The van der Waals surface area contributed by atoms with Crippen LogP contribution in [0.25, 0.3) is 16.2 Å². The van der Waals surface area contributed by atoms with Crippen LogP contribution in [0.3, 0.4) is 0 Å². The summed E-state index contributed by atoms with van der Waals surface area (Å²) in [5.41, 5.74) is 5.77. The number of hydrogen-bond acceptors (Lipinski definition) is 7. The van der Waals surface area contributed by atoms with Gasteiger partial charge in [-0.3, -0.25) is 18.5 Å². The SMILES string of the molecule is CSC1=C(C#N)C(N)Nc2nc3c(c(=O)n(C)c(=O)n3C)n21. The van der Waals surface area contributed by atoms with E-state index in [1.165, 1.54) is 30.4 Å². The van der Waals surface area contributed by atoms with Crippen molar-refractivity contribution in [2.75, 3.05) is 11.6 Å². The normalized spacial score (nSPS) is 17.3. The number of thioether (sulfide) groups is 1. The monoisotopic (exact) mass is 319 g/mol. The number of aryl methyl sites for hydroxylation is 1. The van der Waals surface area contributed by atoms with Crippen molar-refractivity contribution in [3.8, 4) is 6.07 Å². The topological polar surface area (TPSA) is 124 Å². The largest absolute Gasteiger partial charge is 0.335 e. The van der Waals surface area contributed by atoms with Gasteiger partial charge in [-0.2, -0.15) is 10.2 Å². The van der Waals surface area contributed by atoms with E-state index in [1.54, 1.807) is 10.8 Å². The lowest BCUT2D eigenvalue weighted by Gasteiger charge is -2.24. The molecule has 0 saturated heterocycles. The molecule has 1 unspecified atom stereocenters. The molecule has 10 heteroatoms. The van der Waals surface area contributed by atoms with Gasteiger partial charge >= 0.3 is 5.69 Å². The van der Waals surface area contributed by atoms with Crippen molar-refractivity contribution in [3.05, 3.63) is 26.4 Å². The molecular weight excluding hydrogens is 306 g/mol. The maximum Gasteiger partial charge on any atom is 0.332 e. The summed E-state index contributed by atoms with van der Waals surface area (Å²) < 4.78 is 3.85. The number of fused-ring (bicyclic) bond motifs is 3. The van der Waals surface area contributed by atoms with E-state index in [0.29, 0.717) is 16.6 Å². The van der Waals surface area contributed by atoms with Gasteiger partial charge in [-0.05, 0) is 6.26 Å². The van der Waals surface area contributed by atoms with Crippen LogP contribution >= 0.6 is 11.8 Å². The Morgan fingerprint density at radius 2 is 2.05 bits per heavy atom. The first kappa shape index (κ1) is 14.4. The highest BCUT2D eigenvalue weighted by Crippen LogP contribution is 2.34. The molecule has 0 aromatic carbocycles. The van der Waals surface area contributed by atoms with Gasteiger partial charge in [-0.1, -0.05) is 0 Å². The van der Waals surface area contributed by atoms with Crippen LogP contribution in [0.5, 0.6) is 0 Å². The molecule has 22 heavy (non-hydrogen) atoms. The Morgan fingerprint density at radius 3 is 2.64 bits per heavy atom. The maximum atomic E-state index is 12.5. The zero-order valence-corrected chi connectivity index (χ0v) is 12.9. The van der Waals surface area contributed by atoms with Gasteiger partial charge < -0.3 is 11.1 Å². The highest BCUT2D eigenvalue weighted by Gasteiger charge is 2.29. The molecule has 0 aliphatic carbocycles. The van der Waals surface area contributed by atoms with Crippen LogP contribution in [-0.4, -0.2) is 31.1 Å². The van der Waals surface area contributed by atoms with E-state index < -0.39 is 17.4 Å². The summed E-state index contributed by atoms with van der Waals surface area (Å²) in [6, 6.07) is 2.06. The molecule has 0 fully saturated rings. The molecule has 1 aliphatic rings. The van der Waals surface area contributed by atoms with Crippen LogP contribution < -0.4 is 22.3 Å². The van der Waals surface area contributed by atoms with Gasteiger partial charge in [0.05, 0.1) is 10.6 Å². The van der Waals surface area contributed by atoms with Crippen molar-refractivity contribution in [2.45, 2.75) is 6.17 Å². The molecule has 0 radical (unpaired) electrons. The third-order valence-electron chi connectivity index (χ3n) is 3.60. The van der Waals surface area contributed by atoms with E-state index in [2.05, 4.69) is 16.4 Å². The number of rotatable bonds is 1. The summed E-state index contributed by atoms with van der Waals surface area (Å²) in [5, 5.41) is 12.7. The number of anilines is 1. The summed E-state index contributed by atoms with van der Waals surface area (Å²) in [6.07, 6.45) is 1.07. The van der Waals surface area contributed by atoms with Gasteiger partial charge in [0.1, 0.15) is 12.2 Å². The van der Waals surface area contributed by atoms with E-state index in [-0.39, 0.29) is 11.2 Å². The van der Waals surface area contributed by atoms with Crippen molar-refractivity contribution in [1.82, 2.24) is 18.7 Å². The standard InChI is InChI=1S/C12H13N7O2S/c1-17-8-6(9(20)18(2)12(17)21)19-10(22-3)5(4-13)7(14)15-11(19)16-8/h7H,14H2,1-3H3,(H,15,16). The third kappa shape index (κ3) is 1.66. The summed E-state index contributed by atoms with van der Waals surface area (Å²) in [5.74, 6) is 0.337. The Bertz CT molecular complexity index is 988. The molecule has 9 nitrogen and oxygen atoms in total. The molecule has 0 spiro atoms. The first-order chi connectivity index (χ1) is 10.4. The van der Waals surface area contributed by atoms with E-state index in [0.717, 1.165) is 4.57 Å². The Balaban J connectivity index is 2.56. The fourth-order valence-corrected chi connectivity index (χ4v) is 3.23. The average molecular weight is 319 g/mol. The second-order valence-corrected chi connectivity index (χ2v) is 5.60. The van der Waals surface area contributed by atoms with Gasteiger partial charge in [0.15, 0.2) is 11.2 Å². The smallest absolute Gasteiger partial charge is 0.332 e. The minimum absolute atomic E-state index is 0.233. The van der Waals surface area contributed by atoms with Gasteiger partial charge in [0, 0.05) is 14.1 Å². The van der Waals surface area contributed by atoms with Crippen molar-refractivity contribution in [1.29, 1.82) is 5.26 Å². The minimum Gasteiger partial charge on any atom is -0.335 e. The summed E-state index contributed by atoms with van der Waals surface area (Å²) in [7, 11) is 2.94. The highest BCUT2D eigenvalue weighted by atomic mass is 32.2. The van der Waals surface area contributed by atoms with Crippen LogP contribution in [-0.2, 0) is 14.1 Å². The predicted octanol–water partition coefficient (Wildman–Crippen LogP) is -0.801. The molecule has 3 heterocycles. The number of hydrogen-bond donors (Lipinski definition) is 2. The fourth-order valence-electron chi connectivity index (χ4n) is 2.47. The molecule has 0 amide bonds. The molecule has 0 bridgehead atoms. The first-order valence-electron chi connectivity index (χ1n) is 6.31. The Labute approximate surface area is 128 Å². The molecule has 1 aliphatic heterocycles. The molecule has 1 atom stereocenters. The number of imidazole rings is 1. The second-order valence-electron chi connectivity index (χ2n) is 4.81.